The van der Waals surface area contributed by atoms with Crippen LogP contribution in [0.2, 0.25) is 0 Å². The zero-order chi connectivity index (χ0) is 29.4. The third kappa shape index (κ3) is 7.33. The Morgan fingerprint density at radius 2 is 1.66 bits per heavy atom. The molecule has 2 aromatic heterocycles. The van der Waals surface area contributed by atoms with E-state index < -0.39 is 5.91 Å². The fraction of sp³-hybridized carbons (Fsp3) is 0.267. The summed E-state index contributed by atoms with van der Waals surface area (Å²) in [6.07, 6.45) is 5.64. The van der Waals surface area contributed by atoms with Gasteiger partial charge in [-0.3, -0.25) is 20.4 Å². The number of fused-ring (bicyclic) bond motifs is 1. The molecule has 4 rings (SSSR count). The van der Waals surface area contributed by atoms with Crippen LogP contribution in [-0.2, 0) is 11.2 Å². The summed E-state index contributed by atoms with van der Waals surface area (Å²) >= 11 is 0. The molecule has 0 bridgehead atoms. The SMILES string of the molecule is COc1ccc2c(CCN=C(NC(=O)C=Cc3cc(OC)c(OC)c(OC)c3)Nc3nc(C)cc(C)n3)c[nH]c2c1. The number of ether oxygens (including phenoxy) is 4. The molecule has 3 N–H and O–H groups in total. The third-order valence-corrected chi connectivity index (χ3v) is 6.19. The van der Waals surface area contributed by atoms with Crippen molar-refractivity contribution in [2.45, 2.75) is 20.3 Å². The number of guanidine groups is 1. The molecule has 0 unspecified atom stereocenters. The number of methoxy groups -OCH3 is 4. The number of aromatic nitrogens is 3. The van der Waals surface area contributed by atoms with Crippen LogP contribution in [0.4, 0.5) is 5.95 Å². The molecule has 1 amide bonds. The molecule has 0 saturated carbocycles. The summed E-state index contributed by atoms with van der Waals surface area (Å²) in [4.78, 5) is 29.7. The van der Waals surface area contributed by atoms with E-state index in [9.17, 15) is 4.79 Å². The van der Waals surface area contributed by atoms with Gasteiger partial charge in [0.1, 0.15) is 5.75 Å². The zero-order valence-corrected chi connectivity index (χ0v) is 24.0. The van der Waals surface area contributed by atoms with E-state index in [1.807, 2.05) is 44.3 Å². The van der Waals surface area contributed by atoms with Crippen LogP contribution in [0, 0.1) is 13.8 Å². The number of H-pyrrole nitrogens is 1. The van der Waals surface area contributed by atoms with Crippen LogP contribution in [0.5, 0.6) is 23.0 Å². The van der Waals surface area contributed by atoms with Gasteiger partial charge in [0, 0.05) is 47.2 Å². The molecule has 0 radical (unpaired) electrons. The van der Waals surface area contributed by atoms with Crippen molar-refractivity contribution in [3.05, 3.63) is 71.2 Å². The molecule has 2 aromatic carbocycles. The third-order valence-electron chi connectivity index (χ3n) is 6.19. The lowest BCUT2D eigenvalue weighted by Crippen LogP contribution is -2.35. The van der Waals surface area contributed by atoms with Crippen molar-refractivity contribution in [3.8, 4) is 23.0 Å². The number of hydrogen-bond acceptors (Lipinski definition) is 8. The summed E-state index contributed by atoms with van der Waals surface area (Å²) in [5, 5.41) is 6.95. The maximum absolute atomic E-state index is 12.9. The molecular weight excluding hydrogens is 524 g/mol. The van der Waals surface area contributed by atoms with E-state index >= 15 is 0 Å². The predicted molar refractivity (Wildman–Crippen MR) is 159 cm³/mol. The van der Waals surface area contributed by atoms with E-state index in [4.69, 9.17) is 18.9 Å². The summed E-state index contributed by atoms with van der Waals surface area (Å²) < 4.78 is 21.5. The van der Waals surface area contributed by atoms with Gasteiger partial charge in [0.15, 0.2) is 11.5 Å². The first-order chi connectivity index (χ1) is 19.8. The van der Waals surface area contributed by atoms with Crippen LogP contribution in [-0.4, -0.2) is 61.8 Å². The van der Waals surface area contributed by atoms with Crippen molar-refractivity contribution in [2.75, 3.05) is 40.3 Å². The minimum atomic E-state index is -0.395. The van der Waals surface area contributed by atoms with Crippen molar-refractivity contribution in [1.29, 1.82) is 0 Å². The minimum Gasteiger partial charge on any atom is -0.497 e. The first kappa shape index (κ1) is 28.9. The number of carbonyl (C=O) groups excluding carboxylic acids is 1. The quantitative estimate of drug-likeness (QED) is 0.148. The van der Waals surface area contributed by atoms with Gasteiger partial charge in [-0.1, -0.05) is 0 Å². The number of benzene rings is 2. The normalized spacial score (nSPS) is 11.5. The predicted octanol–water partition coefficient (Wildman–Crippen LogP) is 4.45. The molecular formula is C30H34N6O5. The number of aliphatic imine (C=N–C) groups is 1. The minimum absolute atomic E-state index is 0.232. The van der Waals surface area contributed by atoms with Gasteiger partial charge in [-0.15, -0.1) is 0 Å². The van der Waals surface area contributed by atoms with E-state index in [2.05, 4.69) is 30.6 Å². The van der Waals surface area contributed by atoms with Gasteiger partial charge in [0.25, 0.3) is 5.91 Å². The molecule has 0 atom stereocenters. The Hall–Kier alpha value is -5.06. The summed E-state index contributed by atoms with van der Waals surface area (Å²) in [7, 11) is 6.25. The molecule has 0 aliphatic heterocycles. The molecule has 0 fully saturated rings. The topological polar surface area (TPSA) is 132 Å². The lowest BCUT2D eigenvalue weighted by atomic mass is 10.1. The highest BCUT2D eigenvalue weighted by atomic mass is 16.5. The van der Waals surface area contributed by atoms with Crippen molar-refractivity contribution in [2.24, 2.45) is 4.99 Å². The number of aryl methyl sites for hydroxylation is 2. The van der Waals surface area contributed by atoms with Crippen LogP contribution < -0.4 is 29.6 Å². The highest BCUT2D eigenvalue weighted by Crippen LogP contribution is 2.38. The first-order valence-electron chi connectivity index (χ1n) is 12.9. The fourth-order valence-electron chi connectivity index (χ4n) is 4.31. The Kier molecular flexibility index (Phi) is 9.41. The van der Waals surface area contributed by atoms with Crippen molar-refractivity contribution in [3.63, 3.8) is 0 Å². The molecule has 0 spiro atoms. The van der Waals surface area contributed by atoms with Gasteiger partial charge in [-0.05, 0) is 67.8 Å². The number of nitrogens with zero attached hydrogens (tertiary/aromatic N) is 3. The van der Waals surface area contributed by atoms with Gasteiger partial charge in [-0.2, -0.15) is 0 Å². The molecule has 214 valence electrons. The Morgan fingerprint density at radius 3 is 2.29 bits per heavy atom. The van der Waals surface area contributed by atoms with Crippen molar-refractivity contribution in [1.82, 2.24) is 20.3 Å². The lowest BCUT2D eigenvalue weighted by molar-refractivity contribution is -0.115. The average Bonchev–Trinajstić information content (AvgIpc) is 3.36. The van der Waals surface area contributed by atoms with Crippen LogP contribution >= 0.6 is 0 Å². The van der Waals surface area contributed by atoms with Gasteiger partial charge in [0.2, 0.25) is 17.7 Å². The molecule has 0 saturated heterocycles. The Morgan fingerprint density at radius 1 is 0.951 bits per heavy atom. The van der Waals surface area contributed by atoms with Crippen LogP contribution in [0.1, 0.15) is 22.5 Å². The second kappa shape index (κ2) is 13.3. The summed E-state index contributed by atoms with van der Waals surface area (Å²) in [6, 6.07) is 11.3. The standard InChI is InChI=1S/C30H34N6O5/c1-18-13-19(2)34-30(33-18)36-29(31-12-11-21-17-32-24-16-22(38-3)8-9-23(21)24)35-27(37)10-7-20-14-25(39-4)28(41-6)26(15-20)40-5/h7-10,13-17,32H,11-12H2,1-6H3,(H2,31,33,34,35,36,37). The first-order valence-corrected chi connectivity index (χ1v) is 12.9. The summed E-state index contributed by atoms with van der Waals surface area (Å²) in [5.41, 5.74) is 4.36. The summed E-state index contributed by atoms with van der Waals surface area (Å²) in [6.45, 7) is 4.16. The second-order valence-corrected chi connectivity index (χ2v) is 9.09. The van der Waals surface area contributed by atoms with E-state index in [1.165, 1.54) is 27.4 Å². The van der Waals surface area contributed by atoms with Crippen molar-refractivity contribution >= 4 is 34.8 Å². The van der Waals surface area contributed by atoms with Gasteiger partial charge >= 0.3 is 0 Å². The number of rotatable bonds is 10. The molecule has 0 aliphatic carbocycles. The lowest BCUT2D eigenvalue weighted by Gasteiger charge is -2.13. The molecule has 11 heteroatoms. The Labute approximate surface area is 238 Å². The molecule has 41 heavy (non-hydrogen) atoms. The summed E-state index contributed by atoms with van der Waals surface area (Å²) in [5.74, 6) is 2.40. The molecule has 4 aromatic rings. The van der Waals surface area contributed by atoms with Crippen LogP contribution in [0.15, 0.2) is 53.7 Å². The zero-order valence-electron chi connectivity index (χ0n) is 24.0. The number of aromatic amines is 1. The van der Waals surface area contributed by atoms with E-state index in [-0.39, 0.29) is 5.96 Å². The average molecular weight is 559 g/mol. The smallest absolute Gasteiger partial charge is 0.250 e. The number of amides is 1. The monoisotopic (exact) mass is 558 g/mol. The molecule has 11 nitrogen and oxygen atoms in total. The number of carbonyl (C=O) groups is 1. The maximum Gasteiger partial charge on any atom is 0.250 e. The fourth-order valence-corrected chi connectivity index (χ4v) is 4.31. The molecule has 2 heterocycles. The Balaban J connectivity index is 1.53. The second-order valence-electron chi connectivity index (χ2n) is 9.09. The van der Waals surface area contributed by atoms with Gasteiger partial charge in [0.05, 0.1) is 28.4 Å². The largest absolute Gasteiger partial charge is 0.497 e. The number of hydrogen-bond donors (Lipinski definition) is 3. The van der Waals surface area contributed by atoms with E-state index in [0.29, 0.717) is 41.7 Å². The van der Waals surface area contributed by atoms with Gasteiger partial charge < -0.3 is 23.9 Å². The Bertz CT molecular complexity index is 1550. The highest BCUT2D eigenvalue weighted by molar-refractivity contribution is 6.08. The number of anilines is 1. The van der Waals surface area contributed by atoms with E-state index in [1.54, 1.807) is 25.3 Å². The highest BCUT2D eigenvalue weighted by Gasteiger charge is 2.13. The molecule has 0 aliphatic rings. The van der Waals surface area contributed by atoms with Crippen molar-refractivity contribution < 1.29 is 23.7 Å². The van der Waals surface area contributed by atoms with E-state index in [0.717, 1.165) is 33.6 Å². The van der Waals surface area contributed by atoms with Crippen LogP contribution in [0.25, 0.3) is 17.0 Å². The maximum atomic E-state index is 12.9. The van der Waals surface area contributed by atoms with Gasteiger partial charge in [-0.25, -0.2) is 9.97 Å². The number of nitrogens with one attached hydrogen (secondary N) is 3. The van der Waals surface area contributed by atoms with Crippen LogP contribution in [0.3, 0.4) is 0 Å².